The smallest absolute Gasteiger partial charge is 0.264 e. The van der Waals surface area contributed by atoms with Crippen LogP contribution in [0.1, 0.15) is 44.8 Å². The number of hydrogen-bond donors (Lipinski definition) is 1. The number of aryl methyl sites for hydroxylation is 5. The fraction of sp³-hybridized carbons (Fsp3) is 0.250. The molecule has 1 heterocycles. The Morgan fingerprint density at radius 3 is 2.17 bits per heavy atom. The molecule has 4 rings (SSSR count). The number of carbonyl (C=O) groups excluding carboxylic acids is 1. The van der Waals surface area contributed by atoms with Crippen molar-refractivity contribution in [3.05, 3.63) is 111 Å². The number of hydrazone groups is 1. The van der Waals surface area contributed by atoms with E-state index in [9.17, 15) is 13.2 Å². The van der Waals surface area contributed by atoms with E-state index in [2.05, 4.69) is 47.1 Å². The standard InChI is InChI=1S/C32H36N4O3S/c1-21-11-13-30(14-12-21)40(38,39)35(31-10-8-9-24(4)26(31)6)20-32(37)34-33-19-28-18-25(5)36(27(28)7)29-16-22(2)15-23(3)17-29/h8-19H,20H2,1-7H3,(H,34,37)/b33-19-. The van der Waals surface area contributed by atoms with Gasteiger partial charge in [0, 0.05) is 22.6 Å². The Bertz CT molecular complexity index is 1680. The normalized spacial score (nSPS) is 11.7. The highest BCUT2D eigenvalue weighted by Crippen LogP contribution is 2.29. The molecule has 0 aliphatic heterocycles. The van der Waals surface area contributed by atoms with Crippen LogP contribution in [-0.2, 0) is 14.8 Å². The van der Waals surface area contributed by atoms with Gasteiger partial charge in [-0.1, -0.05) is 35.9 Å². The molecule has 208 valence electrons. The molecule has 0 radical (unpaired) electrons. The number of aromatic nitrogens is 1. The summed E-state index contributed by atoms with van der Waals surface area (Å²) in [5, 5.41) is 4.18. The molecule has 0 unspecified atom stereocenters. The second-order valence-corrected chi connectivity index (χ2v) is 12.2. The number of nitrogens with zero attached hydrogens (tertiary/aromatic N) is 3. The second-order valence-electron chi connectivity index (χ2n) is 10.3. The van der Waals surface area contributed by atoms with Gasteiger partial charge >= 0.3 is 0 Å². The number of carbonyl (C=O) groups is 1. The van der Waals surface area contributed by atoms with E-state index in [1.54, 1.807) is 42.6 Å². The van der Waals surface area contributed by atoms with Crippen molar-refractivity contribution in [2.45, 2.75) is 53.4 Å². The van der Waals surface area contributed by atoms with Crippen molar-refractivity contribution < 1.29 is 13.2 Å². The average molecular weight is 557 g/mol. The number of anilines is 1. The number of nitrogens with one attached hydrogen (secondary N) is 1. The summed E-state index contributed by atoms with van der Waals surface area (Å²) in [6, 6.07) is 20.4. The molecule has 8 heteroatoms. The van der Waals surface area contributed by atoms with E-state index in [4.69, 9.17) is 0 Å². The van der Waals surface area contributed by atoms with Crippen LogP contribution in [0.3, 0.4) is 0 Å². The Balaban J connectivity index is 1.59. The zero-order valence-electron chi connectivity index (χ0n) is 24.1. The van der Waals surface area contributed by atoms with Gasteiger partial charge in [0.2, 0.25) is 0 Å². The largest absolute Gasteiger partial charge is 0.318 e. The summed E-state index contributed by atoms with van der Waals surface area (Å²) in [5.74, 6) is -0.545. The average Bonchev–Trinajstić information content (AvgIpc) is 3.16. The molecule has 0 saturated carbocycles. The van der Waals surface area contributed by atoms with Crippen LogP contribution in [0.2, 0.25) is 0 Å². The van der Waals surface area contributed by atoms with Crippen molar-refractivity contribution in [1.82, 2.24) is 9.99 Å². The Hall–Kier alpha value is -4.17. The number of rotatable bonds is 8. The Kier molecular flexibility index (Phi) is 8.30. The van der Waals surface area contributed by atoms with Gasteiger partial charge in [-0.3, -0.25) is 9.10 Å². The van der Waals surface area contributed by atoms with E-state index in [1.807, 2.05) is 46.8 Å². The minimum absolute atomic E-state index is 0.120. The van der Waals surface area contributed by atoms with E-state index in [-0.39, 0.29) is 4.90 Å². The Morgan fingerprint density at radius 2 is 1.52 bits per heavy atom. The van der Waals surface area contributed by atoms with Gasteiger partial charge in [0.1, 0.15) is 6.54 Å². The van der Waals surface area contributed by atoms with Crippen molar-refractivity contribution in [1.29, 1.82) is 0 Å². The minimum atomic E-state index is -4.01. The summed E-state index contributed by atoms with van der Waals surface area (Å²) in [5.41, 5.74) is 12.0. The van der Waals surface area contributed by atoms with E-state index >= 15 is 0 Å². The molecule has 7 nitrogen and oxygen atoms in total. The lowest BCUT2D eigenvalue weighted by molar-refractivity contribution is -0.119. The molecule has 1 N–H and O–H groups in total. The van der Waals surface area contributed by atoms with Gasteiger partial charge in [0.05, 0.1) is 16.8 Å². The quantitative estimate of drug-likeness (QED) is 0.214. The van der Waals surface area contributed by atoms with E-state index in [1.165, 1.54) is 11.1 Å². The van der Waals surface area contributed by atoms with Crippen molar-refractivity contribution >= 4 is 27.8 Å². The van der Waals surface area contributed by atoms with Crippen molar-refractivity contribution in [2.24, 2.45) is 5.10 Å². The SMILES string of the molecule is Cc1ccc(S(=O)(=O)N(CC(=O)N/N=C\c2cc(C)n(-c3cc(C)cc(C)c3)c2C)c2cccc(C)c2C)cc1. The third-order valence-electron chi connectivity index (χ3n) is 7.07. The van der Waals surface area contributed by atoms with Gasteiger partial charge in [-0.05, 0) is 107 Å². The first kappa shape index (κ1) is 28.8. The van der Waals surface area contributed by atoms with Crippen molar-refractivity contribution in [2.75, 3.05) is 10.8 Å². The van der Waals surface area contributed by atoms with E-state index < -0.39 is 22.5 Å². The van der Waals surface area contributed by atoms with E-state index in [0.717, 1.165) is 43.6 Å². The van der Waals surface area contributed by atoms with Gasteiger partial charge in [-0.2, -0.15) is 5.10 Å². The molecule has 0 spiro atoms. The molecule has 4 aromatic rings. The lowest BCUT2D eigenvalue weighted by atomic mass is 10.1. The van der Waals surface area contributed by atoms with Crippen LogP contribution in [0.25, 0.3) is 5.69 Å². The van der Waals surface area contributed by atoms with Crippen LogP contribution < -0.4 is 9.73 Å². The van der Waals surface area contributed by atoms with Gasteiger partial charge in [0.25, 0.3) is 15.9 Å². The summed E-state index contributed by atoms with van der Waals surface area (Å²) in [6.45, 7) is 13.4. The number of hydrogen-bond acceptors (Lipinski definition) is 4. The third kappa shape index (κ3) is 6.02. The summed E-state index contributed by atoms with van der Waals surface area (Å²) in [4.78, 5) is 13.2. The molecule has 40 heavy (non-hydrogen) atoms. The van der Waals surface area contributed by atoms with Crippen molar-refractivity contribution in [3.63, 3.8) is 0 Å². The third-order valence-corrected chi connectivity index (χ3v) is 8.84. The Morgan fingerprint density at radius 1 is 0.875 bits per heavy atom. The number of amides is 1. The van der Waals surface area contributed by atoms with Crippen LogP contribution in [0.5, 0.6) is 0 Å². The van der Waals surface area contributed by atoms with Crippen LogP contribution >= 0.6 is 0 Å². The molecule has 0 aliphatic rings. The van der Waals surface area contributed by atoms with Gasteiger partial charge in [0.15, 0.2) is 0 Å². The predicted octanol–water partition coefficient (Wildman–Crippen LogP) is 5.98. The second kappa shape index (κ2) is 11.5. The van der Waals surface area contributed by atoms with Gasteiger partial charge in [-0.15, -0.1) is 0 Å². The molecular weight excluding hydrogens is 520 g/mol. The fourth-order valence-electron chi connectivity index (χ4n) is 4.88. The summed E-state index contributed by atoms with van der Waals surface area (Å²) < 4.78 is 30.7. The molecule has 0 atom stereocenters. The number of sulfonamides is 1. The number of benzene rings is 3. The van der Waals surface area contributed by atoms with Crippen LogP contribution in [0.4, 0.5) is 5.69 Å². The molecule has 0 fully saturated rings. The Labute approximate surface area is 237 Å². The van der Waals surface area contributed by atoms with Crippen LogP contribution in [0.15, 0.2) is 76.7 Å². The van der Waals surface area contributed by atoms with Gasteiger partial charge < -0.3 is 4.57 Å². The summed E-state index contributed by atoms with van der Waals surface area (Å²) in [6.07, 6.45) is 1.59. The zero-order chi connectivity index (χ0) is 29.2. The highest BCUT2D eigenvalue weighted by molar-refractivity contribution is 7.92. The molecule has 3 aromatic carbocycles. The fourth-order valence-corrected chi connectivity index (χ4v) is 6.36. The van der Waals surface area contributed by atoms with Crippen LogP contribution in [0, 0.1) is 48.5 Å². The molecular formula is C32H36N4O3S. The predicted molar refractivity (Wildman–Crippen MR) is 162 cm³/mol. The summed E-state index contributed by atoms with van der Waals surface area (Å²) in [7, 11) is -4.01. The van der Waals surface area contributed by atoms with E-state index in [0.29, 0.717) is 5.69 Å². The maximum Gasteiger partial charge on any atom is 0.264 e. The molecule has 1 aromatic heterocycles. The highest BCUT2D eigenvalue weighted by atomic mass is 32.2. The monoisotopic (exact) mass is 556 g/mol. The topological polar surface area (TPSA) is 83.8 Å². The van der Waals surface area contributed by atoms with Gasteiger partial charge in [-0.25, -0.2) is 13.8 Å². The zero-order valence-corrected chi connectivity index (χ0v) is 24.9. The maximum atomic E-state index is 13.7. The first-order valence-electron chi connectivity index (χ1n) is 13.1. The summed E-state index contributed by atoms with van der Waals surface area (Å²) >= 11 is 0. The first-order chi connectivity index (χ1) is 18.9. The first-order valence-corrected chi connectivity index (χ1v) is 14.6. The highest BCUT2D eigenvalue weighted by Gasteiger charge is 2.28. The molecule has 0 saturated heterocycles. The lowest BCUT2D eigenvalue weighted by Gasteiger charge is -2.26. The molecule has 0 bridgehead atoms. The maximum absolute atomic E-state index is 13.7. The molecule has 0 aliphatic carbocycles. The lowest BCUT2D eigenvalue weighted by Crippen LogP contribution is -2.40. The van der Waals surface area contributed by atoms with Crippen molar-refractivity contribution in [3.8, 4) is 5.69 Å². The minimum Gasteiger partial charge on any atom is -0.318 e. The van der Waals surface area contributed by atoms with Crippen LogP contribution in [-0.4, -0.2) is 31.7 Å². The molecule has 1 amide bonds.